The van der Waals surface area contributed by atoms with Crippen LogP contribution < -0.4 is 31.3 Å². The number of piperazine rings is 1. The Labute approximate surface area is 359 Å². The minimum absolute atomic E-state index is 0.0483. The molecule has 1 aromatic heterocycles. The summed E-state index contributed by atoms with van der Waals surface area (Å²) in [5.74, 6) is -0.481. The van der Waals surface area contributed by atoms with Gasteiger partial charge in [0.2, 0.25) is 23.7 Å². The maximum absolute atomic E-state index is 14.9. The number of imide groups is 1. The predicted molar refractivity (Wildman–Crippen MR) is 235 cm³/mol. The van der Waals surface area contributed by atoms with Crippen LogP contribution in [0.2, 0.25) is 5.02 Å². The average molecular weight is 846 g/mol. The Balaban J connectivity index is 0.751. The van der Waals surface area contributed by atoms with Gasteiger partial charge < -0.3 is 30.9 Å². The number of halogens is 2. The summed E-state index contributed by atoms with van der Waals surface area (Å²) in [5, 5.41) is 9.02. The van der Waals surface area contributed by atoms with Crippen LogP contribution in [0.3, 0.4) is 0 Å². The van der Waals surface area contributed by atoms with Gasteiger partial charge in [-0.3, -0.25) is 24.6 Å². The molecule has 8 rings (SSSR count). The van der Waals surface area contributed by atoms with Gasteiger partial charge in [-0.25, -0.2) is 9.37 Å². The SMILES string of the molecule is NC(=O)c1ccc(Nc2nc(Nc3ccc(OCC4CCN(CCN5CCN(c6ccc(C7CCC(=O)NC7=O)cc6)CC5)CC4)cc3)ncc2F)cc1-c1ccccc1Cl. The van der Waals surface area contributed by atoms with Crippen LogP contribution in [-0.2, 0) is 9.59 Å². The Hall–Kier alpha value is -6.09. The number of hydrogen-bond donors (Lipinski definition) is 4. The van der Waals surface area contributed by atoms with Gasteiger partial charge in [0.25, 0.3) is 0 Å². The van der Waals surface area contributed by atoms with Gasteiger partial charge in [0.15, 0.2) is 11.6 Å². The average Bonchev–Trinajstić information content (AvgIpc) is 3.27. The summed E-state index contributed by atoms with van der Waals surface area (Å²) in [5.41, 5.74) is 10.4. The first-order valence-corrected chi connectivity index (χ1v) is 21.1. The normalized spacial score (nSPS) is 17.8. The molecule has 1 unspecified atom stereocenters. The highest BCUT2D eigenvalue weighted by Crippen LogP contribution is 2.34. The Morgan fingerprint density at radius 2 is 1.54 bits per heavy atom. The first-order valence-electron chi connectivity index (χ1n) is 20.8. The van der Waals surface area contributed by atoms with Crippen molar-refractivity contribution in [1.29, 1.82) is 0 Å². The third kappa shape index (κ3) is 10.4. The number of amides is 3. The largest absolute Gasteiger partial charge is 0.493 e. The highest BCUT2D eigenvalue weighted by molar-refractivity contribution is 6.33. The minimum atomic E-state index is -0.650. The zero-order valence-electron chi connectivity index (χ0n) is 33.8. The predicted octanol–water partition coefficient (Wildman–Crippen LogP) is 6.96. The number of ether oxygens (including phenoxy) is 1. The van der Waals surface area contributed by atoms with Crippen molar-refractivity contribution in [2.75, 3.05) is 74.5 Å². The van der Waals surface area contributed by atoms with Gasteiger partial charge in [-0.05, 0) is 110 Å². The van der Waals surface area contributed by atoms with Crippen LogP contribution in [-0.4, -0.2) is 96.5 Å². The minimum Gasteiger partial charge on any atom is -0.493 e. The van der Waals surface area contributed by atoms with Gasteiger partial charge in [-0.1, -0.05) is 41.9 Å². The molecule has 4 heterocycles. The summed E-state index contributed by atoms with van der Waals surface area (Å²) in [6.45, 7) is 8.88. The topological polar surface area (TPSA) is 158 Å². The number of nitrogens with one attached hydrogen (secondary N) is 3. The van der Waals surface area contributed by atoms with Crippen molar-refractivity contribution in [3.8, 4) is 16.9 Å². The summed E-state index contributed by atoms with van der Waals surface area (Å²) in [6.07, 6.45) is 4.23. The molecule has 61 heavy (non-hydrogen) atoms. The lowest BCUT2D eigenvalue weighted by Crippen LogP contribution is -2.49. The lowest BCUT2D eigenvalue weighted by Gasteiger charge is -2.38. The van der Waals surface area contributed by atoms with Crippen molar-refractivity contribution in [3.05, 3.63) is 119 Å². The second-order valence-corrected chi connectivity index (χ2v) is 16.2. The van der Waals surface area contributed by atoms with Crippen LogP contribution in [0.5, 0.6) is 5.75 Å². The number of primary amides is 1. The highest BCUT2D eigenvalue weighted by Gasteiger charge is 2.28. The van der Waals surface area contributed by atoms with Crippen molar-refractivity contribution in [2.45, 2.75) is 31.6 Å². The molecule has 3 amide bonds. The van der Waals surface area contributed by atoms with E-state index in [1.165, 1.54) is 5.69 Å². The number of carbonyl (C=O) groups is 3. The highest BCUT2D eigenvalue weighted by atomic mass is 35.5. The van der Waals surface area contributed by atoms with E-state index in [-0.39, 0.29) is 35.1 Å². The molecule has 5 N–H and O–H groups in total. The summed E-state index contributed by atoms with van der Waals surface area (Å²) in [4.78, 5) is 52.0. The van der Waals surface area contributed by atoms with Crippen molar-refractivity contribution < 1.29 is 23.5 Å². The van der Waals surface area contributed by atoms with Crippen molar-refractivity contribution >= 4 is 58.2 Å². The Morgan fingerprint density at radius 3 is 2.25 bits per heavy atom. The van der Waals surface area contributed by atoms with Gasteiger partial charge in [0.05, 0.1) is 18.7 Å². The number of aromatic nitrogens is 2. The number of carbonyl (C=O) groups excluding carboxylic acids is 3. The molecule has 0 aliphatic carbocycles. The lowest BCUT2D eigenvalue weighted by molar-refractivity contribution is -0.134. The smallest absolute Gasteiger partial charge is 0.249 e. The van der Waals surface area contributed by atoms with Gasteiger partial charge >= 0.3 is 0 Å². The third-order valence-electron chi connectivity index (χ3n) is 11.8. The number of hydrogen-bond acceptors (Lipinski definition) is 11. The molecule has 316 valence electrons. The van der Waals surface area contributed by atoms with Crippen molar-refractivity contribution in [2.24, 2.45) is 11.7 Å². The number of rotatable bonds is 14. The van der Waals surface area contributed by atoms with Gasteiger partial charge in [0, 0.05) is 78.9 Å². The Bertz CT molecular complexity index is 2350. The fraction of sp³-hybridized carbons (Fsp3) is 0.326. The summed E-state index contributed by atoms with van der Waals surface area (Å²) < 4.78 is 21.1. The monoisotopic (exact) mass is 845 g/mol. The molecule has 3 saturated heterocycles. The fourth-order valence-corrected chi connectivity index (χ4v) is 8.42. The van der Waals surface area contributed by atoms with Crippen molar-refractivity contribution in [1.82, 2.24) is 25.1 Å². The van der Waals surface area contributed by atoms with E-state index in [0.29, 0.717) is 52.9 Å². The quantitative estimate of drug-likeness (QED) is 0.0858. The molecular formula is C46H49ClFN9O4. The summed E-state index contributed by atoms with van der Waals surface area (Å²) >= 11 is 6.42. The van der Waals surface area contributed by atoms with E-state index in [1.807, 2.05) is 42.5 Å². The maximum atomic E-state index is 14.9. The zero-order chi connectivity index (χ0) is 42.3. The van der Waals surface area contributed by atoms with Gasteiger partial charge in [-0.2, -0.15) is 4.98 Å². The van der Waals surface area contributed by atoms with Crippen LogP contribution in [0.1, 0.15) is 47.5 Å². The Morgan fingerprint density at radius 1 is 0.836 bits per heavy atom. The number of nitrogens with two attached hydrogens (primary N) is 1. The van der Waals surface area contributed by atoms with Crippen LogP contribution in [0, 0.1) is 11.7 Å². The molecule has 0 spiro atoms. The number of nitrogens with zero attached hydrogens (tertiary/aromatic N) is 5. The second kappa shape index (κ2) is 19.1. The molecular weight excluding hydrogens is 797 g/mol. The van der Waals surface area contributed by atoms with Crippen LogP contribution in [0.4, 0.5) is 33.2 Å². The van der Waals surface area contributed by atoms with Crippen LogP contribution in [0.25, 0.3) is 11.1 Å². The van der Waals surface area contributed by atoms with E-state index in [0.717, 1.165) is 82.7 Å². The van der Waals surface area contributed by atoms with E-state index in [4.69, 9.17) is 22.1 Å². The fourth-order valence-electron chi connectivity index (χ4n) is 8.19. The summed E-state index contributed by atoms with van der Waals surface area (Å²) in [7, 11) is 0. The molecule has 4 aromatic carbocycles. The first-order chi connectivity index (χ1) is 29.6. The Kier molecular flexibility index (Phi) is 13.0. The molecule has 1 atom stereocenters. The van der Waals surface area contributed by atoms with E-state index >= 15 is 0 Å². The van der Waals surface area contributed by atoms with E-state index in [9.17, 15) is 18.8 Å². The molecule has 15 heteroatoms. The molecule has 5 aromatic rings. The molecule has 13 nitrogen and oxygen atoms in total. The third-order valence-corrected chi connectivity index (χ3v) is 12.1. The van der Waals surface area contributed by atoms with E-state index < -0.39 is 11.7 Å². The first kappa shape index (κ1) is 41.6. The second-order valence-electron chi connectivity index (χ2n) is 15.8. The number of benzene rings is 4. The molecule has 0 radical (unpaired) electrons. The number of likely N-dealkylation sites (tertiary alicyclic amines) is 1. The van der Waals surface area contributed by atoms with Crippen molar-refractivity contribution in [3.63, 3.8) is 0 Å². The molecule has 0 saturated carbocycles. The molecule has 3 aliphatic heterocycles. The van der Waals surface area contributed by atoms with E-state index in [2.05, 4.69) is 52.8 Å². The van der Waals surface area contributed by atoms with Crippen LogP contribution in [0.15, 0.2) is 97.2 Å². The maximum Gasteiger partial charge on any atom is 0.249 e. The molecule has 3 fully saturated rings. The molecule has 3 aliphatic rings. The standard InChI is InChI=1S/C46H49ClFN9O4/c47-40-4-2-1-3-37(40)39-27-33(9-14-38(39)43(49)59)51-44-41(48)28-50-46(54-44)52-32-7-12-35(13-8-32)61-29-30-17-19-55(20-18-30)21-22-56-23-25-57(26-24-56)34-10-5-31(6-11-34)36-15-16-42(58)53-45(36)60/h1-14,27-28,30,36H,15-26,29H2,(H2,49,59)(H,53,58,60)(H2,50,51,52,54). The van der Waals surface area contributed by atoms with Gasteiger partial charge in [0.1, 0.15) is 5.75 Å². The van der Waals surface area contributed by atoms with E-state index in [1.54, 1.807) is 36.4 Å². The van der Waals surface area contributed by atoms with Crippen LogP contribution >= 0.6 is 11.6 Å². The molecule has 0 bridgehead atoms. The number of piperidine rings is 2. The lowest BCUT2D eigenvalue weighted by atomic mass is 9.90. The zero-order valence-corrected chi connectivity index (χ0v) is 34.5. The van der Waals surface area contributed by atoms with Gasteiger partial charge in [-0.15, -0.1) is 0 Å². The number of anilines is 5. The summed E-state index contributed by atoms with van der Waals surface area (Å²) in [6, 6.07) is 27.8.